The Morgan fingerprint density at radius 3 is 2.29 bits per heavy atom. The van der Waals surface area contributed by atoms with Crippen LogP contribution in [0, 0.1) is 5.82 Å². The number of benzene rings is 2. The third kappa shape index (κ3) is 4.28. The summed E-state index contributed by atoms with van der Waals surface area (Å²) in [5, 5.41) is 14.0. The zero-order valence-corrected chi connectivity index (χ0v) is 17.0. The normalized spacial score (nSPS) is 23.3. The molecule has 3 rings (SSSR count). The minimum absolute atomic E-state index is 0.0335. The van der Waals surface area contributed by atoms with Crippen molar-refractivity contribution in [2.24, 2.45) is 0 Å². The SMILES string of the molecule is O=C(NC(c1cccc(F)c1Cl)[C@]1(O)CC[C@@H](F)CC1)c1c(Cl)cccc1Cl. The molecule has 1 aliphatic carbocycles. The van der Waals surface area contributed by atoms with Gasteiger partial charge in [-0.3, -0.25) is 4.79 Å². The van der Waals surface area contributed by atoms with Gasteiger partial charge in [0.1, 0.15) is 12.0 Å². The summed E-state index contributed by atoms with van der Waals surface area (Å²) in [4.78, 5) is 12.9. The van der Waals surface area contributed by atoms with Crippen LogP contribution in [0.5, 0.6) is 0 Å². The van der Waals surface area contributed by atoms with Gasteiger partial charge in [0.2, 0.25) is 0 Å². The van der Waals surface area contributed by atoms with Crippen LogP contribution in [0.2, 0.25) is 15.1 Å². The number of hydrogen-bond donors (Lipinski definition) is 2. The second-order valence-corrected chi connectivity index (χ2v) is 8.12. The van der Waals surface area contributed by atoms with E-state index in [1.807, 2.05) is 0 Å². The van der Waals surface area contributed by atoms with Crippen molar-refractivity contribution in [1.29, 1.82) is 0 Å². The van der Waals surface area contributed by atoms with Gasteiger partial charge in [-0.25, -0.2) is 8.78 Å². The summed E-state index contributed by atoms with van der Waals surface area (Å²) in [7, 11) is 0. The third-order valence-electron chi connectivity index (χ3n) is 5.08. The van der Waals surface area contributed by atoms with Gasteiger partial charge >= 0.3 is 0 Å². The van der Waals surface area contributed by atoms with Crippen molar-refractivity contribution >= 4 is 40.7 Å². The van der Waals surface area contributed by atoms with E-state index in [0.717, 1.165) is 0 Å². The van der Waals surface area contributed by atoms with Gasteiger partial charge in [-0.15, -0.1) is 0 Å². The van der Waals surface area contributed by atoms with Crippen molar-refractivity contribution in [3.8, 4) is 0 Å². The molecule has 150 valence electrons. The Balaban J connectivity index is 2.02. The van der Waals surface area contributed by atoms with Crippen molar-refractivity contribution < 1.29 is 18.7 Å². The summed E-state index contributed by atoms with van der Waals surface area (Å²) >= 11 is 18.3. The Labute approximate surface area is 176 Å². The molecule has 0 heterocycles. The van der Waals surface area contributed by atoms with Gasteiger partial charge in [-0.05, 0) is 49.4 Å². The average molecular weight is 449 g/mol. The summed E-state index contributed by atoms with van der Waals surface area (Å²) < 4.78 is 27.7. The molecule has 1 aliphatic rings. The van der Waals surface area contributed by atoms with Gasteiger partial charge in [-0.2, -0.15) is 0 Å². The largest absolute Gasteiger partial charge is 0.387 e. The van der Waals surface area contributed by atoms with Gasteiger partial charge in [0.25, 0.3) is 5.91 Å². The number of carbonyl (C=O) groups excluding carboxylic acids is 1. The van der Waals surface area contributed by atoms with E-state index in [1.54, 1.807) is 6.07 Å². The number of halogens is 5. The number of aliphatic hydroxyl groups is 1. The van der Waals surface area contributed by atoms with Crippen LogP contribution >= 0.6 is 34.8 Å². The first-order valence-corrected chi connectivity index (χ1v) is 9.91. The molecule has 2 aromatic carbocycles. The summed E-state index contributed by atoms with van der Waals surface area (Å²) in [5.74, 6) is -1.33. The lowest BCUT2D eigenvalue weighted by Crippen LogP contribution is -2.48. The van der Waals surface area contributed by atoms with E-state index >= 15 is 0 Å². The highest BCUT2D eigenvalue weighted by Crippen LogP contribution is 2.42. The van der Waals surface area contributed by atoms with Crippen LogP contribution in [0.1, 0.15) is 47.6 Å². The molecule has 3 nitrogen and oxygen atoms in total. The van der Waals surface area contributed by atoms with Crippen molar-refractivity contribution in [3.63, 3.8) is 0 Å². The molecule has 1 unspecified atom stereocenters. The second-order valence-electron chi connectivity index (χ2n) is 6.92. The predicted molar refractivity (Wildman–Crippen MR) is 106 cm³/mol. The van der Waals surface area contributed by atoms with Gasteiger partial charge < -0.3 is 10.4 Å². The Morgan fingerprint density at radius 1 is 1.11 bits per heavy atom. The summed E-state index contributed by atoms with van der Waals surface area (Å²) in [5.41, 5.74) is -1.26. The molecule has 1 atom stereocenters. The molecule has 1 saturated carbocycles. The van der Waals surface area contributed by atoms with Crippen molar-refractivity contribution in [2.45, 2.75) is 43.5 Å². The highest BCUT2D eigenvalue weighted by molar-refractivity contribution is 6.39. The maximum Gasteiger partial charge on any atom is 0.254 e. The fraction of sp³-hybridized carbons (Fsp3) is 0.350. The minimum Gasteiger partial charge on any atom is -0.387 e. The quantitative estimate of drug-likeness (QED) is 0.612. The zero-order valence-electron chi connectivity index (χ0n) is 14.7. The number of alkyl halides is 1. The Kier molecular flexibility index (Phi) is 6.50. The minimum atomic E-state index is -1.50. The summed E-state index contributed by atoms with van der Waals surface area (Å²) in [6.45, 7) is 0. The summed E-state index contributed by atoms with van der Waals surface area (Å²) in [6, 6.07) is 7.68. The Hall–Kier alpha value is -1.40. The topological polar surface area (TPSA) is 49.3 Å². The predicted octanol–water partition coefficient (Wildman–Crippen LogP) is 5.90. The maximum atomic E-state index is 14.1. The van der Waals surface area contributed by atoms with E-state index in [0.29, 0.717) is 0 Å². The molecule has 0 radical (unpaired) electrons. The lowest BCUT2D eigenvalue weighted by atomic mass is 9.76. The lowest BCUT2D eigenvalue weighted by Gasteiger charge is -2.41. The molecule has 0 bridgehead atoms. The van der Waals surface area contributed by atoms with E-state index in [9.17, 15) is 18.7 Å². The highest BCUT2D eigenvalue weighted by atomic mass is 35.5. The first-order chi connectivity index (χ1) is 13.2. The molecule has 1 amide bonds. The van der Waals surface area contributed by atoms with E-state index in [4.69, 9.17) is 34.8 Å². The van der Waals surface area contributed by atoms with Crippen LogP contribution in [0.25, 0.3) is 0 Å². The standard InChI is InChI=1S/C20H18Cl3F2NO2/c21-13-4-2-5-14(22)16(13)19(27)26-18(12-3-1-6-15(25)17(12)23)20(28)9-7-11(24)8-10-20/h1-6,11,18,28H,7-10H2,(H,26,27)/t11-,18?,20+. The van der Waals surface area contributed by atoms with Crippen molar-refractivity contribution in [3.05, 3.63) is 68.4 Å². The number of nitrogens with one attached hydrogen (secondary N) is 1. The first-order valence-electron chi connectivity index (χ1n) is 8.78. The third-order valence-corrected chi connectivity index (χ3v) is 6.10. The molecule has 1 fully saturated rings. The van der Waals surface area contributed by atoms with Gasteiger partial charge in [0.05, 0.1) is 32.3 Å². The fourth-order valence-corrected chi connectivity index (χ4v) is 4.34. The van der Waals surface area contributed by atoms with Crippen LogP contribution in [0.3, 0.4) is 0 Å². The van der Waals surface area contributed by atoms with Crippen molar-refractivity contribution in [1.82, 2.24) is 5.32 Å². The van der Waals surface area contributed by atoms with Crippen LogP contribution < -0.4 is 5.32 Å². The lowest BCUT2D eigenvalue weighted by molar-refractivity contribution is -0.0445. The first kappa shape index (κ1) is 21.3. The van der Waals surface area contributed by atoms with Gasteiger partial charge in [0, 0.05) is 0 Å². The van der Waals surface area contributed by atoms with Gasteiger partial charge in [0.15, 0.2) is 0 Å². The number of carbonyl (C=O) groups is 1. The molecule has 0 aromatic heterocycles. The summed E-state index contributed by atoms with van der Waals surface area (Å²) in [6.07, 6.45) is -0.604. The van der Waals surface area contributed by atoms with E-state index < -0.39 is 29.5 Å². The fourth-order valence-electron chi connectivity index (χ4n) is 3.53. The molecule has 28 heavy (non-hydrogen) atoms. The molecule has 0 spiro atoms. The van der Waals surface area contributed by atoms with Crippen LogP contribution in [0.4, 0.5) is 8.78 Å². The molecule has 2 aromatic rings. The smallest absolute Gasteiger partial charge is 0.254 e. The maximum absolute atomic E-state index is 14.1. The average Bonchev–Trinajstić information content (AvgIpc) is 2.65. The van der Waals surface area contributed by atoms with Crippen molar-refractivity contribution in [2.75, 3.05) is 0 Å². The van der Waals surface area contributed by atoms with Crippen LogP contribution in [-0.2, 0) is 0 Å². The Bertz CT molecular complexity index is 865. The molecular weight excluding hydrogens is 431 g/mol. The number of hydrogen-bond acceptors (Lipinski definition) is 2. The van der Waals surface area contributed by atoms with Crippen LogP contribution in [0.15, 0.2) is 36.4 Å². The molecule has 0 aliphatic heterocycles. The molecule has 0 saturated heterocycles. The van der Waals surface area contributed by atoms with E-state index in [-0.39, 0.29) is 51.9 Å². The Morgan fingerprint density at radius 2 is 1.68 bits per heavy atom. The van der Waals surface area contributed by atoms with E-state index in [1.165, 1.54) is 30.3 Å². The van der Waals surface area contributed by atoms with Crippen LogP contribution in [-0.4, -0.2) is 22.8 Å². The monoisotopic (exact) mass is 447 g/mol. The number of rotatable bonds is 4. The highest BCUT2D eigenvalue weighted by Gasteiger charge is 2.43. The molecular formula is C20H18Cl3F2NO2. The van der Waals surface area contributed by atoms with Gasteiger partial charge in [-0.1, -0.05) is 53.0 Å². The van der Waals surface area contributed by atoms with E-state index in [2.05, 4.69) is 5.32 Å². The molecule has 2 N–H and O–H groups in total. The number of amides is 1. The second kappa shape index (κ2) is 8.54. The molecule has 8 heteroatoms. The zero-order chi connectivity index (χ0) is 20.5.